The summed E-state index contributed by atoms with van der Waals surface area (Å²) in [5, 5.41) is 8.50. The molecule has 0 aliphatic rings. The maximum atomic E-state index is 11.4. The van der Waals surface area contributed by atoms with Crippen LogP contribution in [-0.2, 0) is 25.9 Å². The molecule has 0 fully saturated rings. The average molecular weight is 282 g/mol. The van der Waals surface area contributed by atoms with E-state index in [0.29, 0.717) is 6.42 Å². The zero-order valence-corrected chi connectivity index (χ0v) is 12.6. The van der Waals surface area contributed by atoms with E-state index in [0.717, 1.165) is 25.4 Å². The lowest BCUT2D eigenvalue weighted by molar-refractivity contribution is -0.154. The van der Waals surface area contributed by atoms with Crippen molar-refractivity contribution in [1.29, 1.82) is 0 Å². The zero-order valence-electron chi connectivity index (χ0n) is 10.8. The van der Waals surface area contributed by atoms with Crippen molar-refractivity contribution in [3.8, 4) is 0 Å². The van der Waals surface area contributed by atoms with E-state index in [1.54, 1.807) is 0 Å². The Morgan fingerprint density at radius 2 is 1.94 bits per heavy atom. The van der Waals surface area contributed by atoms with E-state index in [-0.39, 0.29) is 12.8 Å². The fourth-order valence-electron chi connectivity index (χ4n) is 1.25. The van der Waals surface area contributed by atoms with E-state index in [1.807, 2.05) is 20.8 Å². The molecule has 0 saturated heterocycles. The van der Waals surface area contributed by atoms with E-state index in [4.69, 9.17) is 26.2 Å². The minimum absolute atomic E-state index is 0.145. The Morgan fingerprint density at radius 1 is 1.29 bits per heavy atom. The van der Waals surface area contributed by atoms with Crippen LogP contribution in [0.1, 0.15) is 46.5 Å². The minimum atomic E-state index is -1.25. The number of ether oxygens (including phenoxy) is 1. The first-order valence-corrected chi connectivity index (χ1v) is 8.58. The maximum Gasteiger partial charge on any atom is 0.306 e. The van der Waals surface area contributed by atoms with Crippen LogP contribution in [0.4, 0.5) is 0 Å². The topological polar surface area (TPSA) is 55.8 Å². The van der Waals surface area contributed by atoms with Gasteiger partial charge in [0.15, 0.2) is 0 Å². The highest BCUT2D eigenvalue weighted by Gasteiger charge is 2.15. The van der Waals surface area contributed by atoms with Gasteiger partial charge in [-0.1, -0.05) is 18.2 Å². The summed E-state index contributed by atoms with van der Waals surface area (Å²) in [6, 6.07) is 0. The Balaban J connectivity index is 3.46. The normalized spacial score (nSPS) is 13.4. The van der Waals surface area contributed by atoms with Crippen LogP contribution in [-0.4, -0.2) is 29.6 Å². The molecule has 0 aromatic rings. The van der Waals surface area contributed by atoms with Crippen molar-refractivity contribution in [2.75, 3.05) is 13.0 Å². The highest BCUT2D eigenvalue weighted by molar-refractivity contribution is 8.02. The molecule has 17 heavy (non-hydrogen) atoms. The van der Waals surface area contributed by atoms with Crippen LogP contribution in [0.15, 0.2) is 0 Å². The van der Waals surface area contributed by atoms with Gasteiger partial charge in [0.05, 0.1) is 6.92 Å². The van der Waals surface area contributed by atoms with Crippen molar-refractivity contribution in [1.82, 2.24) is 0 Å². The number of aliphatic hydroxyl groups is 1. The molecular weight excluding hydrogens is 259 g/mol. The van der Waals surface area contributed by atoms with Crippen LogP contribution in [0.2, 0.25) is 0 Å². The Morgan fingerprint density at radius 3 is 2.47 bits per heavy atom. The number of hydrogen-bond donors (Lipinski definition) is 1. The van der Waals surface area contributed by atoms with Crippen LogP contribution in [0.3, 0.4) is 0 Å². The molecule has 1 N–H and O–H groups in total. The number of hydrogen-bond acceptors (Lipinski definition) is 5. The van der Waals surface area contributed by atoms with Gasteiger partial charge in [0.1, 0.15) is 12.4 Å². The third kappa shape index (κ3) is 12.3. The van der Waals surface area contributed by atoms with Crippen LogP contribution >= 0.6 is 6.92 Å². The van der Waals surface area contributed by atoms with Gasteiger partial charge in [-0.25, -0.2) is 0 Å². The van der Waals surface area contributed by atoms with E-state index in [9.17, 15) is 4.79 Å². The lowest BCUT2D eigenvalue weighted by Gasteiger charge is -2.19. The van der Waals surface area contributed by atoms with E-state index in [2.05, 4.69) is 0 Å². The number of rotatable bonds is 8. The maximum absolute atomic E-state index is 11.4. The number of carbonyl (C=O) groups is 1. The van der Waals surface area contributed by atoms with Gasteiger partial charge in [0.25, 0.3) is 0 Å². The van der Waals surface area contributed by atoms with Gasteiger partial charge in [-0.2, -0.15) is 0 Å². The molecule has 1 atom stereocenters. The Hall–Kier alpha value is 0.0400. The predicted molar refractivity (Wildman–Crippen MR) is 73.0 cm³/mol. The standard InChI is InChI=1S/C11H23O4PS/c1-11(2,3)15-10(13)7-5-4-6-8-16(17)14-9-12/h12,16H,4-9H2,1-3H3. The van der Waals surface area contributed by atoms with Gasteiger partial charge in [-0.3, -0.25) is 4.79 Å². The van der Waals surface area contributed by atoms with Gasteiger partial charge < -0.3 is 14.4 Å². The molecule has 0 spiro atoms. The first-order valence-electron chi connectivity index (χ1n) is 5.83. The van der Waals surface area contributed by atoms with Gasteiger partial charge in [0, 0.05) is 6.42 Å². The van der Waals surface area contributed by atoms with E-state index in [1.165, 1.54) is 0 Å². The largest absolute Gasteiger partial charge is 0.460 e. The second kappa shape index (κ2) is 9.03. The van der Waals surface area contributed by atoms with Crippen LogP contribution in [0.5, 0.6) is 0 Å². The quantitative estimate of drug-likeness (QED) is 0.321. The summed E-state index contributed by atoms with van der Waals surface area (Å²) in [5.41, 5.74) is -0.400. The minimum Gasteiger partial charge on any atom is -0.460 e. The molecule has 0 saturated carbocycles. The first-order chi connectivity index (χ1) is 7.85. The van der Waals surface area contributed by atoms with Crippen molar-refractivity contribution in [2.45, 2.75) is 52.1 Å². The lowest BCUT2D eigenvalue weighted by Crippen LogP contribution is -2.23. The van der Waals surface area contributed by atoms with E-state index < -0.39 is 12.5 Å². The molecule has 102 valence electrons. The molecule has 6 heteroatoms. The molecule has 0 aliphatic heterocycles. The summed E-state index contributed by atoms with van der Waals surface area (Å²) in [7, 11) is 0. The van der Waals surface area contributed by atoms with E-state index >= 15 is 0 Å². The van der Waals surface area contributed by atoms with Crippen molar-refractivity contribution < 1.29 is 19.2 Å². The summed E-state index contributed by atoms with van der Waals surface area (Å²) in [6.45, 7) is 4.06. The fraction of sp³-hybridized carbons (Fsp3) is 0.909. The third-order valence-corrected chi connectivity index (χ3v) is 4.09. The molecule has 1 unspecified atom stereocenters. The zero-order chi connectivity index (χ0) is 13.3. The SMILES string of the molecule is CC(C)(C)OC(=O)CCCCC[PH](=S)OCO. The van der Waals surface area contributed by atoms with Crippen molar-refractivity contribution >= 4 is 24.7 Å². The summed E-state index contributed by atoms with van der Waals surface area (Å²) in [4.78, 5) is 11.4. The molecule has 0 aliphatic carbocycles. The molecule has 4 nitrogen and oxygen atoms in total. The number of carbonyl (C=O) groups excluding carboxylic acids is 1. The van der Waals surface area contributed by atoms with Crippen LogP contribution < -0.4 is 0 Å². The second-order valence-corrected chi connectivity index (χ2v) is 7.69. The highest BCUT2D eigenvalue weighted by atomic mass is 32.4. The van der Waals surface area contributed by atoms with Crippen molar-refractivity contribution in [3.05, 3.63) is 0 Å². The smallest absolute Gasteiger partial charge is 0.306 e. The summed E-state index contributed by atoms with van der Waals surface area (Å²) in [6.07, 6.45) is 3.99. The molecule has 0 aromatic carbocycles. The van der Waals surface area contributed by atoms with Crippen LogP contribution in [0.25, 0.3) is 0 Å². The average Bonchev–Trinajstić information content (AvgIpc) is 2.14. The highest BCUT2D eigenvalue weighted by Crippen LogP contribution is 2.24. The van der Waals surface area contributed by atoms with Gasteiger partial charge in [-0.05, 0) is 39.8 Å². The molecule has 0 amide bonds. The monoisotopic (exact) mass is 282 g/mol. The van der Waals surface area contributed by atoms with Crippen molar-refractivity contribution in [3.63, 3.8) is 0 Å². The summed E-state index contributed by atoms with van der Waals surface area (Å²) < 4.78 is 10.1. The summed E-state index contributed by atoms with van der Waals surface area (Å²) in [5.74, 6) is -0.145. The predicted octanol–water partition coefficient (Wildman–Crippen LogP) is 2.45. The lowest BCUT2D eigenvalue weighted by atomic mass is 10.2. The van der Waals surface area contributed by atoms with Crippen molar-refractivity contribution in [2.24, 2.45) is 0 Å². The number of unbranched alkanes of at least 4 members (excludes halogenated alkanes) is 2. The summed E-state index contributed by atoms with van der Waals surface area (Å²) >= 11 is 5.04. The molecule has 0 radical (unpaired) electrons. The third-order valence-electron chi connectivity index (χ3n) is 1.91. The Kier molecular flexibility index (Phi) is 9.06. The van der Waals surface area contributed by atoms with Crippen LogP contribution in [0, 0.1) is 0 Å². The Labute approximate surface area is 109 Å². The molecule has 0 bridgehead atoms. The first kappa shape index (κ1) is 17.0. The Bertz CT molecular complexity index is 250. The molecular formula is C11H23O4PS. The molecule has 0 heterocycles. The molecule has 0 aromatic heterocycles. The second-order valence-electron chi connectivity index (χ2n) is 4.79. The fourth-order valence-corrected chi connectivity index (χ4v) is 2.67. The van der Waals surface area contributed by atoms with Gasteiger partial charge >= 0.3 is 5.97 Å². The number of aliphatic hydroxyl groups excluding tert-OH is 1. The van der Waals surface area contributed by atoms with Gasteiger partial charge in [-0.15, -0.1) is 0 Å². The van der Waals surface area contributed by atoms with Gasteiger partial charge in [0.2, 0.25) is 0 Å². The number of esters is 1. The molecule has 0 rings (SSSR count).